The first-order valence-electron chi connectivity index (χ1n) is 7.95. The van der Waals surface area contributed by atoms with Crippen LogP contribution in [0.3, 0.4) is 0 Å². The molecule has 0 atom stereocenters. The molecule has 2 aromatic heterocycles. The van der Waals surface area contributed by atoms with Crippen LogP contribution < -0.4 is 14.8 Å². The average Bonchev–Trinajstić information content (AvgIpc) is 3.17. The second-order valence-electron chi connectivity index (χ2n) is 5.72. The van der Waals surface area contributed by atoms with E-state index in [4.69, 9.17) is 4.74 Å². The van der Waals surface area contributed by atoms with Gasteiger partial charge >= 0.3 is 5.97 Å². The Hall–Kier alpha value is -3.39. The lowest BCUT2D eigenvalue weighted by atomic mass is 10.2. The van der Waals surface area contributed by atoms with E-state index in [1.807, 2.05) is 0 Å². The number of ether oxygens (including phenoxy) is 1. The van der Waals surface area contributed by atoms with Gasteiger partial charge in [0.25, 0.3) is 5.56 Å². The van der Waals surface area contributed by atoms with E-state index in [0.717, 1.165) is 5.56 Å². The molecule has 0 N–H and O–H groups in total. The van der Waals surface area contributed by atoms with Crippen molar-refractivity contribution in [3.05, 3.63) is 74.8 Å². The summed E-state index contributed by atoms with van der Waals surface area (Å²) in [6, 6.07) is 12.6. The third-order valence-corrected chi connectivity index (χ3v) is 4.68. The van der Waals surface area contributed by atoms with E-state index in [0.29, 0.717) is 26.6 Å². The van der Waals surface area contributed by atoms with Crippen molar-refractivity contribution in [2.45, 2.75) is 6.92 Å². The van der Waals surface area contributed by atoms with E-state index in [2.05, 4.69) is 10.1 Å². The molecule has 0 fully saturated rings. The molecule has 0 saturated carbocycles. The minimum atomic E-state index is -0.393. The zero-order valence-electron chi connectivity index (χ0n) is 14.0. The van der Waals surface area contributed by atoms with E-state index in [1.54, 1.807) is 42.5 Å². The summed E-state index contributed by atoms with van der Waals surface area (Å²) in [6.45, 7) is 1.33. The zero-order valence-corrected chi connectivity index (χ0v) is 14.9. The number of esters is 1. The van der Waals surface area contributed by atoms with Crippen LogP contribution in [0.2, 0.25) is 0 Å². The van der Waals surface area contributed by atoms with Crippen LogP contribution in [-0.4, -0.2) is 20.6 Å². The third kappa shape index (κ3) is 3.47. The lowest BCUT2D eigenvalue weighted by molar-refractivity contribution is -0.131. The Morgan fingerprint density at radius 1 is 1.15 bits per heavy atom. The monoisotopic (exact) mass is 381 g/mol. The van der Waals surface area contributed by atoms with E-state index in [1.165, 1.54) is 34.9 Å². The molecule has 8 heteroatoms. The van der Waals surface area contributed by atoms with Crippen LogP contribution in [0, 0.1) is 5.82 Å². The van der Waals surface area contributed by atoms with Crippen LogP contribution in [0.5, 0.6) is 5.75 Å². The van der Waals surface area contributed by atoms with Gasteiger partial charge in [0.15, 0.2) is 5.82 Å². The average molecular weight is 381 g/mol. The van der Waals surface area contributed by atoms with Gasteiger partial charge in [-0.1, -0.05) is 23.5 Å². The molecule has 6 nitrogen and oxygen atoms in total. The van der Waals surface area contributed by atoms with Crippen molar-refractivity contribution < 1.29 is 13.9 Å². The predicted octanol–water partition coefficient (Wildman–Crippen LogP) is 2.43. The van der Waals surface area contributed by atoms with Crippen molar-refractivity contribution >= 4 is 28.3 Å². The maximum absolute atomic E-state index is 13.0. The summed E-state index contributed by atoms with van der Waals surface area (Å²) < 4.78 is 19.7. The molecule has 0 aliphatic rings. The number of benzene rings is 2. The highest BCUT2D eigenvalue weighted by molar-refractivity contribution is 7.15. The van der Waals surface area contributed by atoms with Gasteiger partial charge in [0.1, 0.15) is 11.6 Å². The lowest BCUT2D eigenvalue weighted by Crippen LogP contribution is -2.23. The zero-order chi connectivity index (χ0) is 19.0. The van der Waals surface area contributed by atoms with E-state index in [-0.39, 0.29) is 11.4 Å². The molecule has 134 valence electrons. The third-order valence-electron chi connectivity index (χ3n) is 3.72. The number of aromatic nitrogens is 3. The molecular formula is C19H12FN3O3S. The number of carbonyl (C=O) groups is 1. The number of nitrogens with zero attached hydrogens (tertiary/aromatic N) is 3. The van der Waals surface area contributed by atoms with Crippen molar-refractivity contribution in [1.29, 1.82) is 0 Å². The van der Waals surface area contributed by atoms with Gasteiger partial charge in [0.2, 0.25) is 4.96 Å². The SMILES string of the molecule is CC(=O)Oc1ccc(/C=c2\sc3nc(-c4ccc(F)cc4)nn3c2=O)cc1. The van der Waals surface area contributed by atoms with E-state index < -0.39 is 5.97 Å². The first-order valence-corrected chi connectivity index (χ1v) is 8.77. The highest BCUT2D eigenvalue weighted by Gasteiger charge is 2.12. The van der Waals surface area contributed by atoms with Crippen LogP contribution in [0.1, 0.15) is 12.5 Å². The Balaban J connectivity index is 1.69. The molecule has 0 radical (unpaired) electrons. The Morgan fingerprint density at radius 3 is 2.48 bits per heavy atom. The molecule has 0 unspecified atom stereocenters. The van der Waals surface area contributed by atoms with Gasteiger partial charge in [-0.2, -0.15) is 9.50 Å². The van der Waals surface area contributed by atoms with Crippen LogP contribution in [-0.2, 0) is 4.79 Å². The molecule has 0 aliphatic heterocycles. The molecule has 0 saturated heterocycles. The Morgan fingerprint density at radius 2 is 1.85 bits per heavy atom. The summed E-state index contributed by atoms with van der Waals surface area (Å²) in [5.41, 5.74) is 1.14. The van der Waals surface area contributed by atoms with Crippen LogP contribution in [0.15, 0.2) is 53.3 Å². The van der Waals surface area contributed by atoms with Crippen molar-refractivity contribution in [2.75, 3.05) is 0 Å². The number of thiazole rings is 1. The summed E-state index contributed by atoms with van der Waals surface area (Å²) >= 11 is 1.21. The second kappa shape index (κ2) is 6.73. The maximum Gasteiger partial charge on any atom is 0.308 e. The van der Waals surface area contributed by atoms with Gasteiger partial charge in [0, 0.05) is 12.5 Å². The highest BCUT2D eigenvalue weighted by atomic mass is 32.1. The molecule has 0 spiro atoms. The summed E-state index contributed by atoms with van der Waals surface area (Å²) in [5, 5.41) is 4.22. The molecule has 4 rings (SSSR count). The predicted molar refractivity (Wildman–Crippen MR) is 99.1 cm³/mol. The Bertz CT molecular complexity index is 1240. The van der Waals surface area contributed by atoms with Crippen molar-refractivity contribution in [2.24, 2.45) is 0 Å². The number of hydrogen-bond donors (Lipinski definition) is 0. The van der Waals surface area contributed by atoms with Gasteiger partial charge in [-0.15, -0.1) is 5.10 Å². The standard InChI is InChI=1S/C19H12FN3O3S/c1-11(24)26-15-8-2-12(3-9-15)10-16-18(25)23-19(27-16)21-17(22-23)13-4-6-14(20)7-5-13/h2-10H,1H3/b16-10-. The van der Waals surface area contributed by atoms with E-state index in [9.17, 15) is 14.0 Å². The summed E-state index contributed by atoms with van der Waals surface area (Å²) in [6.07, 6.45) is 1.72. The van der Waals surface area contributed by atoms with Crippen LogP contribution in [0.4, 0.5) is 4.39 Å². The van der Waals surface area contributed by atoms with E-state index >= 15 is 0 Å². The minimum Gasteiger partial charge on any atom is -0.427 e. The fourth-order valence-electron chi connectivity index (χ4n) is 2.50. The Labute approximate surface area is 156 Å². The summed E-state index contributed by atoms with van der Waals surface area (Å²) in [7, 11) is 0. The van der Waals surface area contributed by atoms with Gasteiger partial charge in [-0.3, -0.25) is 9.59 Å². The smallest absolute Gasteiger partial charge is 0.308 e. The molecule has 2 heterocycles. The maximum atomic E-state index is 13.0. The number of halogens is 1. The molecule has 4 aromatic rings. The fourth-order valence-corrected chi connectivity index (χ4v) is 3.41. The number of rotatable bonds is 3. The van der Waals surface area contributed by atoms with Gasteiger partial charge in [-0.05, 0) is 48.0 Å². The number of fused-ring (bicyclic) bond motifs is 1. The normalized spacial score (nSPS) is 11.9. The topological polar surface area (TPSA) is 73.6 Å². The molecule has 27 heavy (non-hydrogen) atoms. The number of hydrogen-bond acceptors (Lipinski definition) is 6. The van der Waals surface area contributed by atoms with Crippen LogP contribution in [0.25, 0.3) is 22.4 Å². The first-order chi connectivity index (χ1) is 13.0. The summed E-state index contributed by atoms with van der Waals surface area (Å²) in [5.74, 6) is 0.0706. The highest BCUT2D eigenvalue weighted by Crippen LogP contribution is 2.17. The Kier molecular flexibility index (Phi) is 4.25. The first kappa shape index (κ1) is 17.0. The fraction of sp³-hybridized carbons (Fsp3) is 0.0526. The lowest BCUT2D eigenvalue weighted by Gasteiger charge is -2.00. The number of carbonyl (C=O) groups excluding carboxylic acids is 1. The van der Waals surface area contributed by atoms with Gasteiger partial charge in [-0.25, -0.2) is 4.39 Å². The van der Waals surface area contributed by atoms with Crippen molar-refractivity contribution in [1.82, 2.24) is 14.6 Å². The van der Waals surface area contributed by atoms with Crippen LogP contribution >= 0.6 is 11.3 Å². The molecule has 0 bridgehead atoms. The molecular weight excluding hydrogens is 369 g/mol. The van der Waals surface area contributed by atoms with Gasteiger partial charge in [0.05, 0.1) is 4.53 Å². The molecule has 2 aromatic carbocycles. The largest absolute Gasteiger partial charge is 0.427 e. The van der Waals surface area contributed by atoms with Crippen molar-refractivity contribution in [3.8, 4) is 17.1 Å². The quantitative estimate of drug-likeness (QED) is 0.403. The molecule has 0 aliphatic carbocycles. The second-order valence-corrected chi connectivity index (χ2v) is 6.72. The van der Waals surface area contributed by atoms with Crippen molar-refractivity contribution in [3.63, 3.8) is 0 Å². The summed E-state index contributed by atoms with van der Waals surface area (Å²) in [4.78, 5) is 28.3. The molecule has 0 amide bonds. The van der Waals surface area contributed by atoms with Gasteiger partial charge < -0.3 is 4.74 Å². The minimum absolute atomic E-state index is 0.278.